The van der Waals surface area contributed by atoms with Crippen molar-refractivity contribution in [2.24, 2.45) is 0 Å². The highest BCUT2D eigenvalue weighted by Gasteiger charge is 2.42. The molecule has 90 valence electrons. The summed E-state index contributed by atoms with van der Waals surface area (Å²) in [5.74, 6) is 0.647. The maximum Gasteiger partial charge on any atom is 0.409 e. The Hall–Kier alpha value is -0.910. The molecule has 2 heterocycles. The second-order valence-electron chi connectivity index (χ2n) is 4.02. The molecule has 0 bridgehead atoms. The van der Waals surface area contributed by atoms with E-state index in [1.807, 2.05) is 0 Å². The minimum absolute atomic E-state index is 0.106. The molecule has 0 unspecified atom stereocenters. The quantitative estimate of drug-likeness (QED) is 0.741. The number of amides is 2. The fourth-order valence-corrected chi connectivity index (χ4v) is 3.20. The van der Waals surface area contributed by atoms with Crippen LogP contribution in [0.1, 0.15) is 19.8 Å². The first-order valence-corrected chi connectivity index (χ1v) is 6.50. The average molecular weight is 244 g/mol. The number of rotatable bonds is 1. The van der Waals surface area contributed by atoms with Gasteiger partial charge in [-0.2, -0.15) is 0 Å². The first-order valence-electron chi connectivity index (χ1n) is 5.52. The van der Waals surface area contributed by atoms with Gasteiger partial charge in [0.25, 0.3) is 0 Å². The number of carbonyl (C=O) groups excluding carboxylic acids is 2. The van der Waals surface area contributed by atoms with E-state index in [9.17, 15) is 9.59 Å². The number of likely N-dealkylation sites (tertiary alicyclic amines) is 1. The Morgan fingerprint density at radius 2 is 2.25 bits per heavy atom. The summed E-state index contributed by atoms with van der Waals surface area (Å²) in [7, 11) is 0. The number of hydrogen-bond acceptors (Lipinski definition) is 4. The number of hydrogen-bond donors (Lipinski definition) is 1. The van der Waals surface area contributed by atoms with Crippen LogP contribution in [0.25, 0.3) is 0 Å². The van der Waals surface area contributed by atoms with E-state index < -0.39 is 0 Å². The van der Waals surface area contributed by atoms with Crippen molar-refractivity contribution < 1.29 is 14.3 Å². The lowest BCUT2D eigenvalue weighted by Crippen LogP contribution is -2.50. The summed E-state index contributed by atoms with van der Waals surface area (Å²) in [6.07, 6.45) is 1.37. The molecule has 0 aromatic heterocycles. The van der Waals surface area contributed by atoms with Crippen molar-refractivity contribution in [3.8, 4) is 0 Å². The Morgan fingerprint density at radius 1 is 1.56 bits per heavy atom. The minimum atomic E-state index is -0.244. The zero-order valence-electron chi connectivity index (χ0n) is 9.32. The average Bonchev–Trinajstić information content (AvgIpc) is 2.61. The van der Waals surface area contributed by atoms with Crippen LogP contribution in [0.15, 0.2) is 0 Å². The van der Waals surface area contributed by atoms with Crippen LogP contribution in [0.5, 0.6) is 0 Å². The summed E-state index contributed by atoms with van der Waals surface area (Å²) < 4.78 is 4.95. The normalized spacial score (nSPS) is 23.3. The van der Waals surface area contributed by atoms with Crippen LogP contribution in [0, 0.1) is 0 Å². The van der Waals surface area contributed by atoms with Gasteiger partial charge in [-0.25, -0.2) is 4.79 Å². The highest BCUT2D eigenvalue weighted by Crippen LogP contribution is 2.37. The number of ether oxygens (including phenoxy) is 1. The van der Waals surface area contributed by atoms with Gasteiger partial charge in [0.1, 0.15) is 0 Å². The lowest BCUT2D eigenvalue weighted by atomic mass is 10.0. The van der Waals surface area contributed by atoms with Crippen molar-refractivity contribution in [1.82, 2.24) is 10.2 Å². The number of piperidine rings is 1. The van der Waals surface area contributed by atoms with Gasteiger partial charge >= 0.3 is 6.09 Å². The molecular weight excluding hydrogens is 228 g/mol. The van der Waals surface area contributed by atoms with E-state index in [0.717, 1.165) is 12.8 Å². The van der Waals surface area contributed by atoms with Gasteiger partial charge in [0, 0.05) is 13.1 Å². The lowest BCUT2D eigenvalue weighted by Gasteiger charge is -2.37. The van der Waals surface area contributed by atoms with Gasteiger partial charge in [-0.1, -0.05) is 0 Å². The van der Waals surface area contributed by atoms with Gasteiger partial charge in [0.05, 0.1) is 17.2 Å². The van der Waals surface area contributed by atoms with Crippen LogP contribution in [0.3, 0.4) is 0 Å². The third-order valence-electron chi connectivity index (χ3n) is 2.94. The van der Waals surface area contributed by atoms with Crippen LogP contribution < -0.4 is 5.32 Å². The Balaban J connectivity index is 1.87. The van der Waals surface area contributed by atoms with Gasteiger partial charge < -0.3 is 15.0 Å². The summed E-state index contributed by atoms with van der Waals surface area (Å²) in [6, 6.07) is 0. The highest BCUT2D eigenvalue weighted by atomic mass is 32.2. The summed E-state index contributed by atoms with van der Waals surface area (Å²) in [6.45, 7) is 3.53. The molecule has 2 fully saturated rings. The second-order valence-corrected chi connectivity index (χ2v) is 5.38. The standard InChI is InChI=1S/C10H16N2O3S/c1-2-15-9(14)12-5-3-10(4-6-12)11-8(13)7-16-10/h2-7H2,1H3,(H,11,13). The van der Waals surface area contributed by atoms with Gasteiger partial charge in [-0.3, -0.25) is 4.79 Å². The number of nitrogens with one attached hydrogen (secondary N) is 1. The fourth-order valence-electron chi connectivity index (χ4n) is 2.06. The van der Waals surface area contributed by atoms with Crippen LogP contribution in [0.2, 0.25) is 0 Å². The molecule has 2 rings (SSSR count). The van der Waals surface area contributed by atoms with E-state index in [2.05, 4.69) is 5.32 Å². The first kappa shape index (κ1) is 11.6. The molecule has 1 spiro atoms. The zero-order chi connectivity index (χ0) is 11.6. The maximum absolute atomic E-state index is 11.5. The Morgan fingerprint density at radius 3 is 2.75 bits per heavy atom. The van der Waals surface area contributed by atoms with Crippen LogP contribution in [-0.2, 0) is 9.53 Å². The largest absolute Gasteiger partial charge is 0.450 e. The molecule has 1 N–H and O–H groups in total. The number of carbonyl (C=O) groups is 2. The number of thioether (sulfide) groups is 1. The topological polar surface area (TPSA) is 58.6 Å². The Kier molecular flexibility index (Phi) is 3.28. The van der Waals surface area contributed by atoms with Crippen molar-refractivity contribution in [2.45, 2.75) is 24.6 Å². The van der Waals surface area contributed by atoms with Crippen molar-refractivity contribution >= 4 is 23.8 Å². The summed E-state index contributed by atoms with van der Waals surface area (Å²) in [5, 5.41) is 3.01. The highest BCUT2D eigenvalue weighted by molar-refractivity contribution is 8.01. The molecule has 6 heteroatoms. The SMILES string of the molecule is CCOC(=O)N1CCC2(CC1)NC(=O)CS2. The van der Waals surface area contributed by atoms with Gasteiger partial charge in [0.15, 0.2) is 0 Å². The van der Waals surface area contributed by atoms with Crippen molar-refractivity contribution in [3.05, 3.63) is 0 Å². The Bertz CT molecular complexity index is 300. The molecule has 2 amide bonds. The van der Waals surface area contributed by atoms with E-state index >= 15 is 0 Å². The molecule has 16 heavy (non-hydrogen) atoms. The van der Waals surface area contributed by atoms with Crippen LogP contribution in [-0.4, -0.2) is 47.2 Å². The second kappa shape index (κ2) is 4.53. The Labute approximate surface area is 98.9 Å². The van der Waals surface area contributed by atoms with Crippen molar-refractivity contribution in [2.75, 3.05) is 25.4 Å². The third-order valence-corrected chi connectivity index (χ3v) is 4.41. The molecule has 2 aliphatic rings. The summed E-state index contributed by atoms with van der Waals surface area (Å²) >= 11 is 1.66. The van der Waals surface area contributed by atoms with Crippen molar-refractivity contribution in [1.29, 1.82) is 0 Å². The van der Waals surface area contributed by atoms with Gasteiger partial charge in [-0.05, 0) is 19.8 Å². The molecule has 0 saturated carbocycles. The first-order chi connectivity index (χ1) is 7.65. The molecule has 2 aliphatic heterocycles. The van der Waals surface area contributed by atoms with E-state index in [-0.39, 0.29) is 16.9 Å². The smallest absolute Gasteiger partial charge is 0.409 e. The summed E-state index contributed by atoms with van der Waals surface area (Å²) in [4.78, 5) is 24.3. The molecule has 0 aliphatic carbocycles. The summed E-state index contributed by atoms with van der Waals surface area (Å²) in [5.41, 5.74) is 0. The predicted molar refractivity (Wildman–Crippen MR) is 61.2 cm³/mol. The zero-order valence-corrected chi connectivity index (χ0v) is 10.1. The van der Waals surface area contributed by atoms with E-state index in [0.29, 0.717) is 25.4 Å². The molecular formula is C10H16N2O3S. The fraction of sp³-hybridized carbons (Fsp3) is 0.800. The molecule has 0 atom stereocenters. The van der Waals surface area contributed by atoms with Gasteiger partial charge in [0.2, 0.25) is 5.91 Å². The van der Waals surface area contributed by atoms with Gasteiger partial charge in [-0.15, -0.1) is 11.8 Å². The van der Waals surface area contributed by atoms with E-state index in [1.165, 1.54) is 0 Å². The monoisotopic (exact) mass is 244 g/mol. The minimum Gasteiger partial charge on any atom is -0.450 e. The maximum atomic E-state index is 11.5. The predicted octanol–water partition coefficient (Wildman–Crippen LogP) is 0.798. The molecule has 0 aromatic rings. The third kappa shape index (κ3) is 2.26. The molecule has 0 radical (unpaired) electrons. The number of nitrogens with zero attached hydrogens (tertiary/aromatic N) is 1. The molecule has 0 aromatic carbocycles. The molecule has 5 nitrogen and oxygen atoms in total. The van der Waals surface area contributed by atoms with Crippen LogP contribution >= 0.6 is 11.8 Å². The van der Waals surface area contributed by atoms with Crippen LogP contribution in [0.4, 0.5) is 4.79 Å². The van der Waals surface area contributed by atoms with Crippen molar-refractivity contribution in [3.63, 3.8) is 0 Å². The van der Waals surface area contributed by atoms with E-state index in [4.69, 9.17) is 4.74 Å². The molecule has 2 saturated heterocycles. The van der Waals surface area contributed by atoms with E-state index in [1.54, 1.807) is 23.6 Å². The lowest BCUT2D eigenvalue weighted by molar-refractivity contribution is -0.119.